The summed E-state index contributed by atoms with van der Waals surface area (Å²) in [6, 6.07) is 0. The minimum atomic E-state index is -2.08. The molecule has 1 aliphatic rings. The molecule has 2 aromatic heterocycles. The van der Waals surface area contributed by atoms with Crippen LogP contribution in [0.25, 0.3) is 11.2 Å². The highest BCUT2D eigenvalue weighted by Gasteiger charge is 2.50. The van der Waals surface area contributed by atoms with Crippen molar-refractivity contribution in [1.29, 1.82) is 0 Å². The van der Waals surface area contributed by atoms with Crippen LogP contribution in [0.15, 0.2) is 6.33 Å². The Morgan fingerprint density at radius 2 is 1.85 bits per heavy atom. The van der Waals surface area contributed by atoms with Gasteiger partial charge in [0, 0.05) is 7.05 Å². The fourth-order valence-corrected chi connectivity index (χ4v) is 3.50. The van der Waals surface area contributed by atoms with Crippen LogP contribution in [0.4, 0.5) is 5.82 Å². The van der Waals surface area contributed by atoms with E-state index in [1.807, 2.05) is 0 Å². The predicted molar refractivity (Wildman–Crippen MR) is 113 cm³/mol. The number of imidazole rings is 1. The third-order valence-electron chi connectivity index (χ3n) is 5.11. The van der Waals surface area contributed by atoms with Crippen LogP contribution >= 0.6 is 11.6 Å². The molecule has 4 atom stereocenters. The lowest BCUT2D eigenvalue weighted by molar-refractivity contribution is -0.194. The minimum absolute atomic E-state index is 0.0211. The van der Waals surface area contributed by atoms with Crippen molar-refractivity contribution >= 4 is 40.5 Å². The second-order valence-corrected chi connectivity index (χ2v) is 7.58. The number of aromatic nitrogens is 4. The van der Waals surface area contributed by atoms with Gasteiger partial charge in [-0.2, -0.15) is 9.97 Å². The zero-order valence-electron chi connectivity index (χ0n) is 18.5. The highest BCUT2D eigenvalue weighted by atomic mass is 35.5. The highest BCUT2D eigenvalue weighted by molar-refractivity contribution is 6.28. The first-order valence-corrected chi connectivity index (χ1v) is 10.6. The molecule has 1 fully saturated rings. The van der Waals surface area contributed by atoms with Gasteiger partial charge in [0.2, 0.25) is 5.28 Å². The molecule has 0 saturated carbocycles. The molecule has 3 rings (SSSR count). The first-order valence-electron chi connectivity index (χ1n) is 10.3. The van der Waals surface area contributed by atoms with Gasteiger partial charge < -0.3 is 34.5 Å². The van der Waals surface area contributed by atoms with Crippen molar-refractivity contribution < 1.29 is 38.7 Å². The van der Waals surface area contributed by atoms with E-state index in [1.54, 1.807) is 20.9 Å². The van der Waals surface area contributed by atoms with Crippen LogP contribution in [0.3, 0.4) is 0 Å². The van der Waals surface area contributed by atoms with Gasteiger partial charge in [0.25, 0.3) is 5.60 Å². The number of aliphatic hydroxyl groups is 2. The Labute approximate surface area is 194 Å². The summed E-state index contributed by atoms with van der Waals surface area (Å²) in [5.74, 6) is -1.52. The molecular weight excluding hydrogens is 462 g/mol. The van der Waals surface area contributed by atoms with E-state index in [0.717, 1.165) is 0 Å². The smallest absolute Gasteiger partial charge is 0.349 e. The molecule has 13 nitrogen and oxygen atoms in total. The highest BCUT2D eigenvalue weighted by Crippen LogP contribution is 2.33. The SMILES string of the molecule is CCOC(=O)C(C)(OC[C@H]1O[C@@H](n2cnc3c(NC)nc(Cl)nc32)[C@H](O)[C@@H]1O)C(=O)OCC. The Bertz CT molecular complexity index is 999. The van der Waals surface area contributed by atoms with Crippen molar-refractivity contribution in [3.8, 4) is 0 Å². The largest absolute Gasteiger partial charge is 0.463 e. The van der Waals surface area contributed by atoms with Crippen molar-refractivity contribution in [2.75, 3.05) is 32.2 Å². The van der Waals surface area contributed by atoms with Crippen LogP contribution in [0, 0.1) is 0 Å². The van der Waals surface area contributed by atoms with Crippen LogP contribution in [0.1, 0.15) is 27.0 Å². The van der Waals surface area contributed by atoms with E-state index in [9.17, 15) is 19.8 Å². The van der Waals surface area contributed by atoms with E-state index >= 15 is 0 Å². The number of carbonyl (C=O) groups excluding carboxylic acids is 2. The van der Waals surface area contributed by atoms with E-state index in [-0.39, 0.29) is 24.1 Å². The Morgan fingerprint density at radius 3 is 2.42 bits per heavy atom. The molecule has 0 radical (unpaired) electrons. The summed E-state index contributed by atoms with van der Waals surface area (Å²) in [5, 5.41) is 24.0. The summed E-state index contributed by atoms with van der Waals surface area (Å²) in [6.07, 6.45) is -3.67. The first-order chi connectivity index (χ1) is 15.7. The van der Waals surface area contributed by atoms with Gasteiger partial charge in [-0.3, -0.25) is 4.57 Å². The second-order valence-electron chi connectivity index (χ2n) is 7.25. The molecule has 3 N–H and O–H groups in total. The van der Waals surface area contributed by atoms with Crippen LogP contribution in [-0.2, 0) is 28.5 Å². The molecule has 0 aliphatic carbocycles. The van der Waals surface area contributed by atoms with Gasteiger partial charge in [0.05, 0.1) is 26.1 Å². The lowest BCUT2D eigenvalue weighted by Crippen LogP contribution is -2.50. The second kappa shape index (κ2) is 10.1. The Hall–Kier alpha value is -2.58. The number of aliphatic hydroxyl groups excluding tert-OH is 2. The molecule has 0 bridgehead atoms. The number of hydrogen-bond acceptors (Lipinski definition) is 12. The van der Waals surface area contributed by atoms with Gasteiger partial charge >= 0.3 is 11.9 Å². The van der Waals surface area contributed by atoms with E-state index in [1.165, 1.54) is 17.8 Å². The van der Waals surface area contributed by atoms with Crippen LogP contribution in [-0.4, -0.2) is 92.5 Å². The number of fused-ring (bicyclic) bond motifs is 1. The molecule has 1 aliphatic heterocycles. The van der Waals surface area contributed by atoms with Crippen molar-refractivity contribution in [1.82, 2.24) is 19.5 Å². The van der Waals surface area contributed by atoms with Gasteiger partial charge in [0.1, 0.15) is 18.3 Å². The molecule has 33 heavy (non-hydrogen) atoms. The molecular formula is C19H26ClN5O8. The van der Waals surface area contributed by atoms with E-state index in [0.29, 0.717) is 11.3 Å². The van der Waals surface area contributed by atoms with E-state index in [4.69, 9.17) is 30.5 Å². The van der Waals surface area contributed by atoms with Crippen molar-refractivity contribution in [2.24, 2.45) is 0 Å². The topological polar surface area (TPSA) is 167 Å². The van der Waals surface area contributed by atoms with Crippen molar-refractivity contribution in [2.45, 2.75) is 50.9 Å². The third kappa shape index (κ3) is 4.73. The fraction of sp³-hybridized carbons (Fsp3) is 0.632. The molecule has 3 heterocycles. The molecule has 1 saturated heterocycles. The summed E-state index contributed by atoms with van der Waals surface area (Å²) in [4.78, 5) is 37.1. The van der Waals surface area contributed by atoms with Crippen molar-refractivity contribution in [3.63, 3.8) is 0 Å². The van der Waals surface area contributed by atoms with Gasteiger partial charge in [-0.15, -0.1) is 0 Å². The maximum atomic E-state index is 12.4. The number of hydrogen-bond donors (Lipinski definition) is 3. The number of carbonyl (C=O) groups is 2. The third-order valence-corrected chi connectivity index (χ3v) is 5.28. The van der Waals surface area contributed by atoms with Gasteiger partial charge in [-0.1, -0.05) is 0 Å². The molecule has 0 amide bonds. The van der Waals surface area contributed by atoms with Gasteiger partial charge in [0.15, 0.2) is 23.2 Å². The first kappa shape index (κ1) is 25.1. The Balaban J connectivity index is 1.82. The van der Waals surface area contributed by atoms with Crippen LogP contribution in [0.2, 0.25) is 5.28 Å². The zero-order valence-corrected chi connectivity index (χ0v) is 19.3. The Morgan fingerprint density at radius 1 is 1.21 bits per heavy atom. The molecule has 0 unspecified atom stereocenters. The number of rotatable bonds is 9. The summed E-state index contributed by atoms with van der Waals surface area (Å²) >= 11 is 5.98. The number of nitrogens with zero attached hydrogens (tertiary/aromatic N) is 4. The summed E-state index contributed by atoms with van der Waals surface area (Å²) in [6.45, 7) is 3.99. The van der Waals surface area contributed by atoms with Crippen molar-refractivity contribution in [3.05, 3.63) is 11.6 Å². The summed E-state index contributed by atoms with van der Waals surface area (Å²) < 4.78 is 22.6. The minimum Gasteiger partial charge on any atom is -0.463 e. The van der Waals surface area contributed by atoms with E-state index < -0.39 is 48.7 Å². The van der Waals surface area contributed by atoms with Gasteiger partial charge in [-0.25, -0.2) is 14.6 Å². The number of anilines is 1. The molecule has 0 aromatic carbocycles. The molecule has 182 valence electrons. The standard InChI is InChI=1S/C19H26ClN5O8/c1-5-30-16(28)19(3,17(29)31-6-2)32-7-9-11(26)12(27)15(33-9)25-8-22-10-13(21-4)23-18(20)24-14(10)25/h8-9,11-12,15,26-27H,5-7H2,1-4H3,(H,21,23,24)/t9-,11-,12-,15-/m1/s1. The number of nitrogens with one attached hydrogen (secondary N) is 1. The monoisotopic (exact) mass is 487 g/mol. The molecule has 2 aromatic rings. The maximum Gasteiger partial charge on any atom is 0.349 e. The molecule has 0 spiro atoms. The summed E-state index contributed by atoms with van der Waals surface area (Å²) in [5.41, 5.74) is -1.44. The average molecular weight is 488 g/mol. The number of halogens is 1. The predicted octanol–water partition coefficient (Wildman–Crippen LogP) is 0.0421. The number of esters is 2. The molecule has 14 heteroatoms. The van der Waals surface area contributed by atoms with Gasteiger partial charge in [-0.05, 0) is 32.4 Å². The maximum absolute atomic E-state index is 12.4. The van der Waals surface area contributed by atoms with Crippen LogP contribution < -0.4 is 5.32 Å². The lowest BCUT2D eigenvalue weighted by atomic mass is 10.1. The fourth-order valence-electron chi connectivity index (χ4n) is 3.33. The quantitative estimate of drug-likeness (QED) is 0.247. The van der Waals surface area contributed by atoms with E-state index in [2.05, 4.69) is 20.3 Å². The number of ether oxygens (including phenoxy) is 4. The Kier molecular flexibility index (Phi) is 7.69. The van der Waals surface area contributed by atoms with Crippen LogP contribution in [0.5, 0.6) is 0 Å². The average Bonchev–Trinajstić information content (AvgIpc) is 3.32. The summed E-state index contributed by atoms with van der Waals surface area (Å²) in [7, 11) is 1.64. The zero-order chi connectivity index (χ0) is 24.3. The lowest BCUT2D eigenvalue weighted by Gasteiger charge is -2.27. The normalized spacial score (nSPS) is 23.0.